The first-order valence-corrected chi connectivity index (χ1v) is 10.3. The number of hydrogen-bond donors (Lipinski definition) is 2. The van der Waals surface area contributed by atoms with Crippen LogP contribution in [0.15, 0.2) is 0 Å². The van der Waals surface area contributed by atoms with Crippen LogP contribution in [0.5, 0.6) is 0 Å². The molecule has 0 aromatic rings. The van der Waals surface area contributed by atoms with E-state index in [2.05, 4.69) is 12.2 Å². The average Bonchev–Trinajstić information content (AvgIpc) is 2.58. The molecule has 0 fully saturated rings. The molecule has 2 amide bonds. The fourth-order valence-electron chi connectivity index (χ4n) is 2.96. The van der Waals surface area contributed by atoms with Crippen LogP contribution in [0.25, 0.3) is 0 Å². The molecule has 0 radical (unpaired) electrons. The summed E-state index contributed by atoms with van der Waals surface area (Å²) in [6, 6.07) is -1.33. The van der Waals surface area contributed by atoms with E-state index in [0.29, 0.717) is 0 Å². The average molecular weight is 393 g/mol. The second-order valence-corrected chi connectivity index (χ2v) is 7.10. The summed E-state index contributed by atoms with van der Waals surface area (Å²) in [5.74, 6) is -2.63. The number of rotatable bonds is 18. The number of carboxylic acids is 1. The largest absolute Gasteiger partial charge is 1.00 e. The van der Waals surface area contributed by atoms with E-state index in [-0.39, 0.29) is 41.9 Å². The molecule has 1 atom stereocenters. The topological polar surface area (TPSA) is 112 Å². The molecule has 0 spiro atoms. The van der Waals surface area contributed by atoms with Crippen LogP contribution in [0.3, 0.4) is 0 Å². The van der Waals surface area contributed by atoms with Crippen LogP contribution < -0.4 is 45.7 Å². The Labute approximate surface area is 186 Å². The first-order chi connectivity index (χ1) is 12.5. The van der Waals surface area contributed by atoms with Gasteiger partial charge >= 0.3 is 29.6 Å². The van der Waals surface area contributed by atoms with E-state index in [1.54, 1.807) is 0 Å². The van der Waals surface area contributed by atoms with Crippen LogP contribution in [0.1, 0.15) is 103 Å². The Balaban J connectivity index is 0. The van der Waals surface area contributed by atoms with Crippen molar-refractivity contribution in [3.8, 4) is 0 Å². The van der Waals surface area contributed by atoms with Crippen molar-refractivity contribution in [1.29, 1.82) is 0 Å². The van der Waals surface area contributed by atoms with Gasteiger partial charge in [-0.15, -0.1) is 0 Å². The Morgan fingerprint density at radius 2 is 1.22 bits per heavy atom. The molecular formula is C20H37N2NaO4. The Hall–Kier alpha value is -0.590. The SMILES string of the molecule is CCCCCCCCCCCCCCCC(=O)N[C@@H](CC(N)=O)C(=O)[O-].[Na+]. The Morgan fingerprint density at radius 3 is 1.59 bits per heavy atom. The zero-order chi connectivity index (χ0) is 19.6. The third-order valence-electron chi connectivity index (χ3n) is 4.53. The summed E-state index contributed by atoms with van der Waals surface area (Å²) in [4.78, 5) is 33.3. The summed E-state index contributed by atoms with van der Waals surface area (Å²) in [6.45, 7) is 2.24. The third-order valence-corrected chi connectivity index (χ3v) is 4.53. The molecular weight excluding hydrogens is 355 g/mol. The molecule has 0 saturated carbocycles. The quantitative estimate of drug-likeness (QED) is 0.244. The van der Waals surface area contributed by atoms with E-state index >= 15 is 0 Å². The first-order valence-electron chi connectivity index (χ1n) is 10.3. The standard InChI is InChI=1S/C20H38N2O4.Na/c1-2-3-4-5-6-7-8-9-10-11-12-13-14-15-19(24)22-17(20(25)26)16-18(21)23;/h17H,2-16H2,1H3,(H2,21,23)(H,22,24)(H,25,26);/q;+1/p-1/t17-;/m0./s1. The van der Waals surface area contributed by atoms with E-state index in [9.17, 15) is 19.5 Å². The summed E-state index contributed by atoms with van der Waals surface area (Å²) in [5, 5.41) is 13.1. The minimum atomic E-state index is -1.48. The maximum Gasteiger partial charge on any atom is 1.00 e. The molecule has 0 aliphatic rings. The fourth-order valence-corrected chi connectivity index (χ4v) is 2.96. The number of nitrogens with two attached hydrogens (primary N) is 1. The molecule has 6 nitrogen and oxygen atoms in total. The van der Waals surface area contributed by atoms with Crippen LogP contribution in [0.2, 0.25) is 0 Å². The molecule has 152 valence electrons. The Kier molecular flexibility index (Phi) is 21.4. The molecule has 27 heavy (non-hydrogen) atoms. The van der Waals surface area contributed by atoms with Crippen molar-refractivity contribution < 1.29 is 49.0 Å². The van der Waals surface area contributed by atoms with Crippen molar-refractivity contribution in [2.24, 2.45) is 5.73 Å². The molecule has 7 heteroatoms. The van der Waals surface area contributed by atoms with Crippen molar-refractivity contribution in [2.75, 3.05) is 0 Å². The molecule has 0 aromatic carbocycles. The van der Waals surface area contributed by atoms with E-state index in [0.717, 1.165) is 19.3 Å². The van der Waals surface area contributed by atoms with Gasteiger partial charge < -0.3 is 21.0 Å². The van der Waals surface area contributed by atoms with Gasteiger partial charge in [-0.3, -0.25) is 9.59 Å². The van der Waals surface area contributed by atoms with Crippen LogP contribution >= 0.6 is 0 Å². The van der Waals surface area contributed by atoms with Crippen molar-refractivity contribution in [3.05, 3.63) is 0 Å². The van der Waals surface area contributed by atoms with Gasteiger partial charge in [0.2, 0.25) is 11.8 Å². The van der Waals surface area contributed by atoms with Crippen LogP contribution in [0.4, 0.5) is 0 Å². The predicted molar refractivity (Wildman–Crippen MR) is 101 cm³/mol. The molecule has 3 N–H and O–H groups in total. The van der Waals surface area contributed by atoms with Crippen LogP contribution in [-0.2, 0) is 14.4 Å². The number of carbonyl (C=O) groups excluding carboxylic acids is 3. The Bertz CT molecular complexity index is 405. The van der Waals surface area contributed by atoms with Gasteiger partial charge in [0.25, 0.3) is 0 Å². The monoisotopic (exact) mass is 392 g/mol. The number of aliphatic carboxylic acids is 1. The molecule has 0 unspecified atom stereocenters. The zero-order valence-electron chi connectivity index (χ0n) is 17.4. The number of primary amides is 1. The smallest absolute Gasteiger partial charge is 0.548 e. The second-order valence-electron chi connectivity index (χ2n) is 7.10. The number of nitrogens with one attached hydrogen (secondary N) is 1. The van der Waals surface area contributed by atoms with Crippen molar-refractivity contribution in [3.63, 3.8) is 0 Å². The fraction of sp³-hybridized carbons (Fsp3) is 0.850. The molecule has 0 aliphatic heterocycles. The summed E-state index contributed by atoms with van der Waals surface area (Å²) in [7, 11) is 0. The predicted octanol–water partition coefficient (Wildman–Crippen LogP) is -0.418. The van der Waals surface area contributed by atoms with Crippen LogP contribution in [-0.4, -0.2) is 23.8 Å². The molecule has 0 heterocycles. The van der Waals surface area contributed by atoms with E-state index < -0.39 is 24.3 Å². The number of carbonyl (C=O) groups is 3. The van der Waals surface area contributed by atoms with Crippen molar-refractivity contribution in [2.45, 2.75) is 109 Å². The molecule has 0 saturated heterocycles. The maximum absolute atomic E-state index is 11.7. The zero-order valence-corrected chi connectivity index (χ0v) is 19.4. The van der Waals surface area contributed by atoms with Gasteiger partial charge in [-0.2, -0.15) is 0 Å². The number of carboxylic acid groups (broad SMARTS) is 1. The molecule has 0 aliphatic carbocycles. The summed E-state index contributed by atoms with van der Waals surface area (Å²) in [5.41, 5.74) is 4.95. The molecule has 0 aromatic heterocycles. The van der Waals surface area contributed by atoms with Gasteiger partial charge in [0, 0.05) is 6.42 Å². The summed E-state index contributed by atoms with van der Waals surface area (Å²) >= 11 is 0. The van der Waals surface area contributed by atoms with Gasteiger partial charge in [0.15, 0.2) is 0 Å². The Morgan fingerprint density at radius 1 is 0.815 bits per heavy atom. The van der Waals surface area contributed by atoms with Gasteiger partial charge in [-0.25, -0.2) is 0 Å². The summed E-state index contributed by atoms with van der Waals surface area (Å²) < 4.78 is 0. The second kappa shape index (κ2) is 20.2. The van der Waals surface area contributed by atoms with Crippen LogP contribution in [0, 0.1) is 0 Å². The number of hydrogen-bond acceptors (Lipinski definition) is 4. The normalized spacial score (nSPS) is 11.4. The molecule has 0 bridgehead atoms. The first kappa shape index (κ1) is 28.6. The van der Waals surface area contributed by atoms with Gasteiger partial charge in [0.05, 0.1) is 18.4 Å². The minimum Gasteiger partial charge on any atom is -0.548 e. The minimum absolute atomic E-state index is 0. The molecule has 0 rings (SSSR count). The van der Waals surface area contributed by atoms with Gasteiger partial charge in [-0.1, -0.05) is 84.0 Å². The van der Waals surface area contributed by atoms with Crippen molar-refractivity contribution in [1.82, 2.24) is 5.32 Å². The third kappa shape index (κ3) is 20.0. The maximum atomic E-state index is 11.7. The van der Waals surface area contributed by atoms with Gasteiger partial charge in [0.1, 0.15) is 0 Å². The number of unbranched alkanes of at least 4 members (excludes halogenated alkanes) is 12. The summed E-state index contributed by atoms with van der Waals surface area (Å²) in [6.07, 6.45) is 15.7. The van der Waals surface area contributed by atoms with E-state index in [1.807, 2.05) is 0 Å². The number of amides is 2. The van der Waals surface area contributed by atoms with E-state index in [1.165, 1.54) is 64.2 Å². The van der Waals surface area contributed by atoms with Crippen molar-refractivity contribution >= 4 is 17.8 Å². The van der Waals surface area contributed by atoms with E-state index in [4.69, 9.17) is 5.73 Å². The van der Waals surface area contributed by atoms with Gasteiger partial charge in [-0.05, 0) is 6.42 Å².